The predicted molar refractivity (Wildman–Crippen MR) is 61.0 cm³/mol. The summed E-state index contributed by atoms with van der Waals surface area (Å²) in [5.41, 5.74) is 5.74. The van der Waals surface area contributed by atoms with E-state index >= 15 is 0 Å². The van der Waals surface area contributed by atoms with Crippen LogP contribution in [0.2, 0.25) is 0 Å². The fourth-order valence-corrected chi connectivity index (χ4v) is 1.12. The van der Waals surface area contributed by atoms with E-state index in [4.69, 9.17) is 15.0 Å². The Morgan fingerprint density at radius 3 is 2.62 bits per heavy atom. The minimum Gasteiger partial charge on any atom is -0.379 e. The van der Waals surface area contributed by atoms with Gasteiger partial charge in [-0.3, -0.25) is 0 Å². The van der Waals surface area contributed by atoms with Gasteiger partial charge >= 0.3 is 0 Å². The highest BCUT2D eigenvalue weighted by atomic mass is 16.5. The molecule has 1 heterocycles. The van der Waals surface area contributed by atoms with Crippen LogP contribution < -0.4 is 5.73 Å². The molecule has 0 spiro atoms. The topological polar surface area (TPSA) is 74.2 Å². The molecule has 0 radical (unpaired) electrons. The molecule has 0 bridgehead atoms. The molecule has 0 saturated heterocycles. The third kappa shape index (κ3) is 3.57. The second-order valence-corrected chi connectivity index (χ2v) is 4.89. The Bertz CT molecular complexity index is 317. The SMILES string of the molecule is CCCOCC(N)c1noc(C(C)(C)C)n1. The van der Waals surface area contributed by atoms with E-state index in [2.05, 4.69) is 17.1 Å². The first kappa shape index (κ1) is 13.1. The largest absolute Gasteiger partial charge is 0.379 e. The molecule has 0 saturated carbocycles. The van der Waals surface area contributed by atoms with Crippen LogP contribution in [-0.4, -0.2) is 23.4 Å². The number of rotatable bonds is 5. The van der Waals surface area contributed by atoms with Crippen LogP contribution in [-0.2, 0) is 10.2 Å². The molecule has 5 nitrogen and oxygen atoms in total. The van der Waals surface area contributed by atoms with Gasteiger partial charge in [-0.1, -0.05) is 32.9 Å². The van der Waals surface area contributed by atoms with Crippen LogP contribution in [0.4, 0.5) is 0 Å². The Labute approximate surface area is 96.4 Å². The van der Waals surface area contributed by atoms with Crippen LogP contribution in [0.5, 0.6) is 0 Å². The predicted octanol–water partition coefficient (Wildman–Crippen LogP) is 1.79. The minimum atomic E-state index is -0.314. The van der Waals surface area contributed by atoms with Crippen molar-refractivity contribution >= 4 is 0 Å². The zero-order valence-electron chi connectivity index (χ0n) is 10.5. The van der Waals surface area contributed by atoms with Crippen molar-refractivity contribution in [2.75, 3.05) is 13.2 Å². The van der Waals surface area contributed by atoms with Crippen LogP contribution in [0, 0.1) is 0 Å². The Kier molecular flexibility index (Phi) is 4.44. The lowest BCUT2D eigenvalue weighted by Crippen LogP contribution is -2.19. The summed E-state index contributed by atoms with van der Waals surface area (Å²) in [6, 6.07) is -0.314. The van der Waals surface area contributed by atoms with Gasteiger partial charge in [0.15, 0.2) is 5.82 Å². The van der Waals surface area contributed by atoms with Gasteiger partial charge in [-0.25, -0.2) is 0 Å². The van der Waals surface area contributed by atoms with Crippen LogP contribution in [0.3, 0.4) is 0 Å². The highest BCUT2D eigenvalue weighted by Gasteiger charge is 2.23. The molecular formula is C11H21N3O2. The lowest BCUT2D eigenvalue weighted by Gasteiger charge is -2.11. The number of nitrogens with two attached hydrogens (primary N) is 1. The Balaban J connectivity index is 2.56. The maximum atomic E-state index is 5.88. The van der Waals surface area contributed by atoms with Crippen LogP contribution >= 0.6 is 0 Å². The molecule has 5 heteroatoms. The zero-order chi connectivity index (χ0) is 12.2. The van der Waals surface area contributed by atoms with E-state index in [1.54, 1.807) is 0 Å². The van der Waals surface area contributed by atoms with E-state index in [0.717, 1.165) is 6.42 Å². The molecule has 0 amide bonds. The van der Waals surface area contributed by atoms with Gasteiger partial charge in [0.05, 0.1) is 12.6 Å². The molecule has 0 aliphatic heterocycles. The molecular weight excluding hydrogens is 206 g/mol. The van der Waals surface area contributed by atoms with Crippen molar-refractivity contribution in [2.45, 2.75) is 45.6 Å². The summed E-state index contributed by atoms with van der Waals surface area (Å²) in [7, 11) is 0. The highest BCUT2D eigenvalue weighted by molar-refractivity contribution is 5.00. The van der Waals surface area contributed by atoms with Crippen molar-refractivity contribution in [2.24, 2.45) is 5.73 Å². The van der Waals surface area contributed by atoms with E-state index < -0.39 is 0 Å². The maximum Gasteiger partial charge on any atom is 0.232 e. The minimum absolute atomic E-state index is 0.144. The number of ether oxygens (including phenoxy) is 1. The highest BCUT2D eigenvalue weighted by Crippen LogP contribution is 2.20. The summed E-state index contributed by atoms with van der Waals surface area (Å²) < 4.78 is 10.5. The number of hydrogen-bond donors (Lipinski definition) is 1. The molecule has 1 rings (SSSR count). The molecule has 2 N–H and O–H groups in total. The monoisotopic (exact) mass is 227 g/mol. The first-order valence-electron chi connectivity index (χ1n) is 5.62. The Morgan fingerprint density at radius 1 is 1.44 bits per heavy atom. The van der Waals surface area contributed by atoms with Gasteiger partial charge in [-0.15, -0.1) is 0 Å². The van der Waals surface area contributed by atoms with Crippen molar-refractivity contribution in [1.29, 1.82) is 0 Å². The van der Waals surface area contributed by atoms with Crippen LogP contribution in [0.25, 0.3) is 0 Å². The Hall–Kier alpha value is -0.940. The third-order valence-corrected chi connectivity index (χ3v) is 2.06. The second kappa shape index (κ2) is 5.41. The molecule has 0 aliphatic carbocycles. The number of aromatic nitrogens is 2. The molecule has 16 heavy (non-hydrogen) atoms. The van der Waals surface area contributed by atoms with E-state index in [1.807, 2.05) is 20.8 Å². The summed E-state index contributed by atoms with van der Waals surface area (Å²) in [6.07, 6.45) is 0.978. The van der Waals surface area contributed by atoms with Gasteiger partial charge in [0, 0.05) is 12.0 Å². The lowest BCUT2D eigenvalue weighted by atomic mass is 9.97. The molecule has 92 valence electrons. The third-order valence-electron chi connectivity index (χ3n) is 2.06. The van der Waals surface area contributed by atoms with E-state index in [1.165, 1.54) is 0 Å². The van der Waals surface area contributed by atoms with Crippen molar-refractivity contribution < 1.29 is 9.26 Å². The molecule has 1 aromatic rings. The molecule has 1 unspecified atom stereocenters. The smallest absolute Gasteiger partial charge is 0.232 e. The molecule has 0 aromatic carbocycles. The summed E-state index contributed by atoms with van der Waals surface area (Å²) in [4.78, 5) is 4.28. The summed E-state index contributed by atoms with van der Waals surface area (Å²) in [6.45, 7) is 9.24. The molecule has 0 aliphatic rings. The molecule has 1 atom stereocenters. The van der Waals surface area contributed by atoms with E-state index in [9.17, 15) is 0 Å². The zero-order valence-corrected chi connectivity index (χ0v) is 10.5. The first-order valence-corrected chi connectivity index (χ1v) is 5.62. The fourth-order valence-electron chi connectivity index (χ4n) is 1.12. The lowest BCUT2D eigenvalue weighted by molar-refractivity contribution is 0.119. The van der Waals surface area contributed by atoms with Crippen molar-refractivity contribution in [3.05, 3.63) is 11.7 Å². The fraction of sp³-hybridized carbons (Fsp3) is 0.818. The van der Waals surface area contributed by atoms with Gasteiger partial charge in [0.25, 0.3) is 0 Å². The van der Waals surface area contributed by atoms with Crippen LogP contribution in [0.1, 0.15) is 51.9 Å². The Morgan fingerprint density at radius 2 is 2.12 bits per heavy atom. The normalized spacial score (nSPS) is 14.1. The average Bonchev–Trinajstić information content (AvgIpc) is 2.66. The molecule has 0 fully saturated rings. The average molecular weight is 227 g/mol. The van der Waals surface area contributed by atoms with Crippen molar-refractivity contribution in [3.63, 3.8) is 0 Å². The second-order valence-electron chi connectivity index (χ2n) is 4.89. The molecule has 1 aromatic heterocycles. The van der Waals surface area contributed by atoms with Crippen molar-refractivity contribution in [1.82, 2.24) is 10.1 Å². The number of nitrogens with zero attached hydrogens (tertiary/aromatic N) is 2. The van der Waals surface area contributed by atoms with Crippen molar-refractivity contribution in [3.8, 4) is 0 Å². The first-order chi connectivity index (χ1) is 7.45. The van der Waals surface area contributed by atoms with E-state index in [-0.39, 0.29) is 11.5 Å². The van der Waals surface area contributed by atoms with Crippen LogP contribution in [0.15, 0.2) is 4.52 Å². The standard InChI is InChI=1S/C11H21N3O2/c1-5-6-15-7-8(12)9-13-10(16-14-9)11(2,3)4/h8H,5-7,12H2,1-4H3. The summed E-state index contributed by atoms with van der Waals surface area (Å²) in [5.74, 6) is 1.12. The summed E-state index contributed by atoms with van der Waals surface area (Å²) >= 11 is 0. The van der Waals surface area contributed by atoms with Gasteiger partial charge < -0.3 is 15.0 Å². The van der Waals surface area contributed by atoms with Gasteiger partial charge in [-0.2, -0.15) is 4.98 Å². The van der Waals surface area contributed by atoms with Gasteiger partial charge in [0.1, 0.15) is 0 Å². The number of hydrogen-bond acceptors (Lipinski definition) is 5. The maximum absolute atomic E-state index is 5.88. The summed E-state index contributed by atoms with van der Waals surface area (Å²) in [5, 5.41) is 3.87. The van der Waals surface area contributed by atoms with E-state index in [0.29, 0.717) is 24.9 Å². The van der Waals surface area contributed by atoms with Gasteiger partial charge in [-0.05, 0) is 6.42 Å². The van der Waals surface area contributed by atoms with Gasteiger partial charge in [0.2, 0.25) is 5.89 Å². The quantitative estimate of drug-likeness (QED) is 0.776.